The lowest BCUT2D eigenvalue weighted by Gasteiger charge is -2.30. The smallest absolute Gasteiger partial charge is 0.323 e. The third-order valence-corrected chi connectivity index (χ3v) is 8.55. The molecule has 12 heteroatoms. The third-order valence-electron chi connectivity index (χ3n) is 7.03. The Morgan fingerprint density at radius 3 is 2.77 bits per heavy atom. The number of benzene rings is 3. The largest absolute Gasteiger partial charge is 0.493 e. The first-order valence-electron chi connectivity index (χ1n) is 14.1. The number of halogens is 1. The van der Waals surface area contributed by atoms with Crippen molar-refractivity contribution in [1.29, 1.82) is 0 Å². The number of amides is 3. The first-order valence-corrected chi connectivity index (χ1v) is 15.5. The van der Waals surface area contributed by atoms with Crippen LogP contribution in [0.25, 0.3) is 11.1 Å². The van der Waals surface area contributed by atoms with Gasteiger partial charge in [-0.1, -0.05) is 41.9 Å². The van der Waals surface area contributed by atoms with Crippen molar-refractivity contribution in [2.24, 2.45) is 0 Å². The van der Waals surface area contributed by atoms with E-state index in [0.29, 0.717) is 43.2 Å². The van der Waals surface area contributed by atoms with Crippen molar-refractivity contribution in [3.05, 3.63) is 89.2 Å². The minimum Gasteiger partial charge on any atom is -0.493 e. The van der Waals surface area contributed by atoms with Gasteiger partial charge in [-0.25, -0.2) is 4.79 Å². The predicted octanol–water partition coefficient (Wildman–Crippen LogP) is 6.06. The molecule has 0 radical (unpaired) electrons. The van der Waals surface area contributed by atoms with Crippen molar-refractivity contribution in [2.45, 2.75) is 31.2 Å². The van der Waals surface area contributed by atoms with Crippen LogP contribution in [0.2, 0.25) is 5.02 Å². The van der Waals surface area contributed by atoms with Crippen LogP contribution in [0, 0.1) is 6.92 Å². The molecule has 0 spiro atoms. The van der Waals surface area contributed by atoms with Gasteiger partial charge in [0.05, 0.1) is 25.0 Å². The molecular weight excluding hydrogens is 602 g/mol. The van der Waals surface area contributed by atoms with Crippen LogP contribution in [-0.2, 0) is 16.1 Å². The second-order valence-corrected chi connectivity index (χ2v) is 11.7. The predicted molar refractivity (Wildman–Crippen MR) is 172 cm³/mol. The molecule has 1 aliphatic heterocycles. The highest BCUT2D eigenvalue weighted by Crippen LogP contribution is 2.42. The number of fused-ring (bicyclic) bond motifs is 1. The number of nitrogens with zero attached hydrogens (tertiary/aromatic N) is 3. The van der Waals surface area contributed by atoms with Crippen LogP contribution in [0.5, 0.6) is 5.75 Å². The van der Waals surface area contributed by atoms with E-state index in [9.17, 15) is 14.4 Å². The van der Waals surface area contributed by atoms with Crippen molar-refractivity contribution >= 4 is 52.6 Å². The molecule has 3 N–H and O–H groups in total. The van der Waals surface area contributed by atoms with Gasteiger partial charge < -0.3 is 25.4 Å². The van der Waals surface area contributed by atoms with Gasteiger partial charge in [0.1, 0.15) is 12.3 Å². The standard InChI is InChI=1S/C32H32ClN5O5S/c1-21-26(33)9-4-11-28(21)43-14-5-12-29(39)38-13-15-44-31-25(8-3-10-27(31)38)23-17-35-37(20-23)19-22-6-2-7-24(16-22)36-32(42)34-18-30(40)41/h2-4,6-11,16-17,20H,5,12-15,18-19H2,1H3,(H,40,41)(H2,34,36,42). The molecule has 0 atom stereocenters. The van der Waals surface area contributed by atoms with Gasteiger partial charge in [0.15, 0.2) is 0 Å². The maximum Gasteiger partial charge on any atom is 0.323 e. The summed E-state index contributed by atoms with van der Waals surface area (Å²) in [6.07, 6.45) is 4.75. The molecule has 0 unspecified atom stereocenters. The fourth-order valence-corrected chi connectivity index (χ4v) is 6.19. The maximum atomic E-state index is 13.3. The van der Waals surface area contributed by atoms with Gasteiger partial charge >= 0.3 is 12.0 Å². The van der Waals surface area contributed by atoms with E-state index >= 15 is 0 Å². The topological polar surface area (TPSA) is 126 Å². The molecule has 0 bridgehead atoms. The van der Waals surface area contributed by atoms with Crippen LogP contribution >= 0.6 is 23.4 Å². The van der Waals surface area contributed by atoms with E-state index in [-0.39, 0.29) is 5.91 Å². The van der Waals surface area contributed by atoms with Gasteiger partial charge in [-0.2, -0.15) is 5.10 Å². The van der Waals surface area contributed by atoms with Crippen LogP contribution < -0.4 is 20.3 Å². The molecule has 5 rings (SSSR count). The van der Waals surface area contributed by atoms with Crippen LogP contribution in [0.15, 0.2) is 78.0 Å². The Balaban J connectivity index is 1.22. The lowest BCUT2D eigenvalue weighted by Crippen LogP contribution is -2.35. The quantitative estimate of drug-likeness (QED) is 0.171. The van der Waals surface area contributed by atoms with E-state index in [0.717, 1.165) is 44.3 Å². The Bertz CT molecular complexity index is 1680. The molecule has 2 heterocycles. The van der Waals surface area contributed by atoms with Gasteiger partial charge in [-0.3, -0.25) is 14.3 Å². The van der Waals surface area contributed by atoms with E-state index in [2.05, 4.69) is 15.7 Å². The zero-order valence-corrected chi connectivity index (χ0v) is 25.7. The second kappa shape index (κ2) is 14.3. The van der Waals surface area contributed by atoms with Crippen LogP contribution in [0.1, 0.15) is 24.0 Å². The van der Waals surface area contributed by atoms with E-state index in [1.165, 1.54) is 0 Å². The Morgan fingerprint density at radius 1 is 1.11 bits per heavy atom. The molecule has 4 aromatic rings. The Morgan fingerprint density at radius 2 is 1.93 bits per heavy atom. The summed E-state index contributed by atoms with van der Waals surface area (Å²) in [5.74, 6) is 0.476. The summed E-state index contributed by atoms with van der Waals surface area (Å²) in [6, 6.07) is 18.2. The SMILES string of the molecule is Cc1c(Cl)cccc1OCCCC(=O)N1CCSc2c(-c3cnn(Cc4cccc(NC(=O)NCC(=O)O)c4)c3)cccc21. The number of carboxylic acid groups (broad SMARTS) is 1. The zero-order valence-electron chi connectivity index (χ0n) is 24.1. The third kappa shape index (κ3) is 7.72. The van der Waals surface area contributed by atoms with Gasteiger partial charge in [0.25, 0.3) is 0 Å². The number of anilines is 2. The summed E-state index contributed by atoms with van der Waals surface area (Å²) in [5, 5.41) is 18.9. The highest BCUT2D eigenvalue weighted by atomic mass is 35.5. The van der Waals surface area contributed by atoms with Gasteiger partial charge in [-0.15, -0.1) is 11.8 Å². The number of ether oxygens (including phenoxy) is 1. The average molecular weight is 634 g/mol. The molecule has 1 aromatic heterocycles. The fraction of sp³-hybridized carbons (Fsp3) is 0.250. The van der Waals surface area contributed by atoms with Crippen molar-refractivity contribution < 1.29 is 24.2 Å². The number of aromatic nitrogens is 2. The number of hydrogen-bond donors (Lipinski definition) is 3. The summed E-state index contributed by atoms with van der Waals surface area (Å²) in [7, 11) is 0. The molecule has 0 aliphatic carbocycles. The minimum atomic E-state index is -1.12. The lowest BCUT2D eigenvalue weighted by atomic mass is 10.1. The number of nitrogens with one attached hydrogen (secondary N) is 2. The first kappa shape index (κ1) is 31.0. The molecule has 0 saturated carbocycles. The van der Waals surface area contributed by atoms with E-state index in [1.807, 2.05) is 83.5 Å². The first-order chi connectivity index (χ1) is 21.3. The van der Waals surface area contributed by atoms with Crippen LogP contribution in [-0.4, -0.2) is 58.2 Å². The summed E-state index contributed by atoms with van der Waals surface area (Å²) >= 11 is 7.92. The van der Waals surface area contributed by atoms with Gasteiger partial charge in [0, 0.05) is 57.2 Å². The van der Waals surface area contributed by atoms with Gasteiger partial charge in [0.2, 0.25) is 5.91 Å². The number of carboxylic acids is 1. The van der Waals surface area contributed by atoms with Crippen LogP contribution in [0.4, 0.5) is 16.2 Å². The molecule has 10 nitrogen and oxygen atoms in total. The molecule has 3 amide bonds. The monoisotopic (exact) mass is 633 g/mol. The summed E-state index contributed by atoms with van der Waals surface area (Å²) in [6.45, 7) is 2.99. The van der Waals surface area contributed by atoms with E-state index in [1.54, 1.807) is 17.8 Å². The number of hydrogen-bond acceptors (Lipinski definition) is 6. The minimum absolute atomic E-state index is 0.0657. The normalized spacial score (nSPS) is 12.4. The molecule has 44 heavy (non-hydrogen) atoms. The molecule has 0 saturated heterocycles. The van der Waals surface area contributed by atoms with Crippen molar-refractivity contribution in [3.63, 3.8) is 0 Å². The molecule has 1 aliphatic rings. The zero-order chi connectivity index (χ0) is 31.1. The number of aliphatic carboxylic acids is 1. The molecule has 0 fully saturated rings. The van der Waals surface area contributed by atoms with Crippen molar-refractivity contribution in [2.75, 3.05) is 35.7 Å². The Hall–Kier alpha value is -4.48. The second-order valence-electron chi connectivity index (χ2n) is 10.2. The molecular formula is C32H32ClN5O5S. The Kier molecular flexibility index (Phi) is 10.1. The summed E-state index contributed by atoms with van der Waals surface area (Å²) in [4.78, 5) is 38.8. The molecule has 228 valence electrons. The highest BCUT2D eigenvalue weighted by molar-refractivity contribution is 7.99. The van der Waals surface area contributed by atoms with E-state index in [4.69, 9.17) is 21.4 Å². The number of carbonyl (C=O) groups excluding carboxylic acids is 2. The Labute approximate surface area is 264 Å². The average Bonchev–Trinajstić information content (AvgIpc) is 3.47. The van der Waals surface area contributed by atoms with Crippen molar-refractivity contribution in [3.8, 4) is 16.9 Å². The number of rotatable bonds is 11. The lowest BCUT2D eigenvalue weighted by molar-refractivity contribution is -0.135. The van der Waals surface area contributed by atoms with Gasteiger partial charge in [-0.05, 0) is 49.2 Å². The highest BCUT2D eigenvalue weighted by Gasteiger charge is 2.25. The number of thioether (sulfide) groups is 1. The van der Waals surface area contributed by atoms with Crippen molar-refractivity contribution in [1.82, 2.24) is 15.1 Å². The van der Waals surface area contributed by atoms with E-state index < -0.39 is 18.5 Å². The summed E-state index contributed by atoms with van der Waals surface area (Å²) in [5.41, 5.74) is 5.21. The van der Waals surface area contributed by atoms with Crippen LogP contribution in [0.3, 0.4) is 0 Å². The molecule has 3 aromatic carbocycles. The number of carbonyl (C=O) groups is 3. The fourth-order valence-electron chi connectivity index (χ4n) is 4.87. The maximum absolute atomic E-state index is 13.3. The number of urea groups is 1. The summed E-state index contributed by atoms with van der Waals surface area (Å²) < 4.78 is 7.69.